The topological polar surface area (TPSA) is 157 Å². The average molecular weight is 797 g/mol. The van der Waals surface area contributed by atoms with Gasteiger partial charge in [0.1, 0.15) is 0 Å². The number of hydrogen-bond acceptors (Lipinski definition) is 9. The predicted molar refractivity (Wildman–Crippen MR) is 232 cm³/mol. The number of rotatable bonds is 26. The van der Waals surface area contributed by atoms with Crippen LogP contribution in [0.25, 0.3) is 12.2 Å². The van der Waals surface area contributed by atoms with Crippen LogP contribution in [0.3, 0.4) is 0 Å². The van der Waals surface area contributed by atoms with Gasteiger partial charge in [-0.3, -0.25) is 19.2 Å². The molecule has 0 radical (unpaired) electrons. The van der Waals surface area contributed by atoms with E-state index in [2.05, 4.69) is 67.7 Å². The number of methoxy groups -OCH3 is 2. The molecule has 0 saturated carbocycles. The van der Waals surface area contributed by atoms with Crippen LogP contribution in [0.15, 0.2) is 121 Å². The van der Waals surface area contributed by atoms with E-state index >= 15 is 0 Å². The Bertz CT molecular complexity index is 1710. The molecule has 0 fully saturated rings. The lowest BCUT2D eigenvalue weighted by atomic mass is 9.92. The molecule has 2 aromatic carbocycles. The van der Waals surface area contributed by atoms with Gasteiger partial charge in [0.05, 0.1) is 26.7 Å². The number of benzene rings is 2. The van der Waals surface area contributed by atoms with Gasteiger partial charge < -0.3 is 29.5 Å². The zero-order valence-corrected chi connectivity index (χ0v) is 34.3. The maximum atomic E-state index is 12.9. The number of carbonyl (C=O) groups excluding carboxylic acids is 3. The van der Waals surface area contributed by atoms with Crippen molar-refractivity contribution in [2.45, 2.75) is 78.1 Å². The van der Waals surface area contributed by atoms with Crippen molar-refractivity contribution in [1.29, 1.82) is 0 Å². The number of ether oxygens (including phenoxy) is 3. The Labute approximate surface area is 343 Å². The molecule has 10 nitrogen and oxygen atoms in total. The molecule has 0 aliphatic heterocycles. The highest BCUT2D eigenvalue weighted by molar-refractivity contribution is 6.13. The molecule has 0 aliphatic carbocycles. The molecule has 312 valence electrons. The zero-order valence-electron chi connectivity index (χ0n) is 34.3. The van der Waals surface area contributed by atoms with Gasteiger partial charge >= 0.3 is 11.9 Å². The highest BCUT2D eigenvalue weighted by Gasteiger charge is 2.24. The molecular formula is C48H60O10. The van der Waals surface area contributed by atoms with E-state index in [4.69, 9.17) is 19.3 Å². The first-order valence-corrected chi connectivity index (χ1v) is 19.5. The summed E-state index contributed by atoms with van der Waals surface area (Å²) >= 11 is 0. The molecule has 0 heterocycles. The molecular weight excluding hydrogens is 737 g/mol. The SMILES string of the molecule is CC/C=C\C/C=C\C/C=C\C/C=C\C/C=C\C/C=C\CCC(=O)O.CCOC(=O)CCC(C(=O)/C=C/c1ccc(O)c(OC)c1)C(=O)/C=C/c1ccc(O)c(OC)c1. The largest absolute Gasteiger partial charge is 0.504 e. The summed E-state index contributed by atoms with van der Waals surface area (Å²) < 4.78 is 15.0. The van der Waals surface area contributed by atoms with Crippen molar-refractivity contribution in [1.82, 2.24) is 0 Å². The Kier molecular flexibility index (Phi) is 27.5. The maximum Gasteiger partial charge on any atom is 0.305 e. The fraction of sp³-hybridized carbons (Fsp3) is 0.333. The van der Waals surface area contributed by atoms with Gasteiger partial charge in [-0.25, -0.2) is 0 Å². The highest BCUT2D eigenvalue weighted by atomic mass is 16.5. The van der Waals surface area contributed by atoms with Crippen LogP contribution in [0.2, 0.25) is 0 Å². The molecule has 58 heavy (non-hydrogen) atoms. The van der Waals surface area contributed by atoms with Crippen LogP contribution in [0.5, 0.6) is 23.0 Å². The average Bonchev–Trinajstić information content (AvgIpc) is 3.21. The monoisotopic (exact) mass is 796 g/mol. The zero-order chi connectivity index (χ0) is 42.8. The van der Waals surface area contributed by atoms with Crippen LogP contribution in [-0.4, -0.2) is 59.7 Å². The maximum absolute atomic E-state index is 12.9. The van der Waals surface area contributed by atoms with E-state index in [1.165, 1.54) is 50.7 Å². The molecule has 0 atom stereocenters. The second-order valence-corrected chi connectivity index (χ2v) is 12.6. The number of allylic oxidation sites excluding steroid dienone is 14. The lowest BCUT2D eigenvalue weighted by Crippen LogP contribution is -2.22. The first-order chi connectivity index (χ1) is 28.1. The third-order valence-corrected chi connectivity index (χ3v) is 8.04. The number of phenolic OH excluding ortho intramolecular Hbond substituents is 2. The van der Waals surface area contributed by atoms with Crippen molar-refractivity contribution in [2.75, 3.05) is 20.8 Å². The van der Waals surface area contributed by atoms with Crippen molar-refractivity contribution in [3.05, 3.63) is 133 Å². The lowest BCUT2D eigenvalue weighted by molar-refractivity contribution is -0.143. The molecule has 0 unspecified atom stereocenters. The van der Waals surface area contributed by atoms with Crippen LogP contribution in [0.1, 0.15) is 89.2 Å². The smallest absolute Gasteiger partial charge is 0.305 e. The van der Waals surface area contributed by atoms with Gasteiger partial charge in [-0.2, -0.15) is 0 Å². The molecule has 0 aliphatic rings. The number of aliphatic carboxylic acids is 1. The van der Waals surface area contributed by atoms with Crippen LogP contribution in [0, 0.1) is 5.92 Å². The predicted octanol–water partition coefficient (Wildman–Crippen LogP) is 10.5. The van der Waals surface area contributed by atoms with E-state index in [0.717, 1.165) is 38.5 Å². The summed E-state index contributed by atoms with van der Waals surface area (Å²) in [6.07, 6.45) is 37.9. The lowest BCUT2D eigenvalue weighted by Gasteiger charge is -2.11. The Balaban J connectivity index is 0.000000619. The first kappa shape index (κ1) is 49.9. The fourth-order valence-electron chi connectivity index (χ4n) is 4.95. The van der Waals surface area contributed by atoms with Crippen molar-refractivity contribution in [3.8, 4) is 23.0 Å². The van der Waals surface area contributed by atoms with Crippen molar-refractivity contribution < 1.29 is 48.7 Å². The minimum atomic E-state index is -1.09. The van der Waals surface area contributed by atoms with Gasteiger partial charge in [-0.1, -0.05) is 104 Å². The third-order valence-electron chi connectivity index (χ3n) is 8.04. The third kappa shape index (κ3) is 23.7. The fourth-order valence-corrected chi connectivity index (χ4v) is 4.95. The van der Waals surface area contributed by atoms with Crippen LogP contribution in [-0.2, 0) is 23.9 Å². The van der Waals surface area contributed by atoms with Gasteiger partial charge in [-0.15, -0.1) is 0 Å². The minimum Gasteiger partial charge on any atom is -0.504 e. The van der Waals surface area contributed by atoms with Gasteiger partial charge in [0.15, 0.2) is 34.6 Å². The van der Waals surface area contributed by atoms with E-state index < -0.39 is 29.4 Å². The van der Waals surface area contributed by atoms with E-state index in [0.29, 0.717) is 17.5 Å². The summed E-state index contributed by atoms with van der Waals surface area (Å²) in [6.45, 7) is 4.03. The van der Waals surface area contributed by atoms with Crippen molar-refractivity contribution >= 4 is 35.7 Å². The van der Waals surface area contributed by atoms with Gasteiger partial charge in [0, 0.05) is 12.8 Å². The number of hydrogen-bond donors (Lipinski definition) is 3. The second-order valence-electron chi connectivity index (χ2n) is 12.6. The van der Waals surface area contributed by atoms with E-state index in [9.17, 15) is 29.4 Å². The van der Waals surface area contributed by atoms with Crippen molar-refractivity contribution in [2.24, 2.45) is 5.92 Å². The molecule has 0 amide bonds. The number of esters is 1. The highest BCUT2D eigenvalue weighted by Crippen LogP contribution is 2.28. The molecule has 10 heteroatoms. The molecule has 2 aromatic rings. The number of carboxylic acid groups (broad SMARTS) is 1. The van der Waals surface area contributed by atoms with Gasteiger partial charge in [0.2, 0.25) is 0 Å². The number of ketones is 2. The molecule has 0 saturated heterocycles. The Morgan fingerprint density at radius 1 is 0.603 bits per heavy atom. The number of carbonyl (C=O) groups is 4. The second kappa shape index (κ2) is 32.0. The van der Waals surface area contributed by atoms with E-state index in [1.807, 2.05) is 12.2 Å². The Hall–Kier alpha value is -6.16. The summed E-state index contributed by atoms with van der Waals surface area (Å²) in [4.78, 5) is 47.9. The van der Waals surface area contributed by atoms with E-state index in [1.54, 1.807) is 31.2 Å². The standard InChI is InChI=1S/C26H28O8.C22H32O2/c1-4-34-26(31)14-9-19(20(27)10-5-17-7-12-22(29)24(15-17)32-2)21(28)11-6-18-8-13-23(30)25(16-18)33-3;1-2-3-4-5-6-7-8-9-10-11-12-13-14-15-16-17-18-19-20-21-22(23)24/h5-8,10-13,15-16,19,29-30H,4,9,14H2,1-3H3;3-4,6-7,9-10,12-13,15-16,18-19H,2,5,8,11,14,17,20-21H2,1H3,(H,23,24)/b10-5+,11-6+;4-3-,7-6-,10-9-,13-12-,16-15-,19-18-. The van der Waals surface area contributed by atoms with Crippen LogP contribution in [0.4, 0.5) is 0 Å². The van der Waals surface area contributed by atoms with Crippen LogP contribution >= 0.6 is 0 Å². The number of aromatic hydroxyl groups is 2. The van der Waals surface area contributed by atoms with Gasteiger partial charge in [0.25, 0.3) is 0 Å². The first-order valence-electron chi connectivity index (χ1n) is 19.5. The normalized spacial score (nSPS) is 11.9. The number of phenols is 2. The Morgan fingerprint density at radius 3 is 1.40 bits per heavy atom. The van der Waals surface area contributed by atoms with E-state index in [-0.39, 0.29) is 48.9 Å². The molecule has 0 aromatic heterocycles. The molecule has 2 rings (SSSR count). The summed E-state index contributed by atoms with van der Waals surface area (Å²) in [5.74, 6) is -2.86. The summed E-state index contributed by atoms with van der Waals surface area (Å²) in [7, 11) is 2.82. The number of carboxylic acids is 1. The quantitative estimate of drug-likeness (QED) is 0.0362. The molecule has 3 N–H and O–H groups in total. The summed E-state index contributed by atoms with van der Waals surface area (Å²) in [5.41, 5.74) is 1.18. The van der Waals surface area contributed by atoms with Crippen molar-refractivity contribution in [3.63, 3.8) is 0 Å². The summed E-state index contributed by atoms with van der Waals surface area (Å²) in [6, 6.07) is 9.14. The van der Waals surface area contributed by atoms with Gasteiger partial charge in [-0.05, 0) is 106 Å². The van der Waals surface area contributed by atoms with Crippen LogP contribution < -0.4 is 9.47 Å². The molecule has 0 spiro atoms. The summed E-state index contributed by atoms with van der Waals surface area (Å²) in [5, 5.41) is 27.9. The molecule has 0 bridgehead atoms. The minimum absolute atomic E-state index is 0.0109. The Morgan fingerprint density at radius 2 is 1.02 bits per heavy atom.